The van der Waals surface area contributed by atoms with Gasteiger partial charge in [0, 0.05) is 17.3 Å². The predicted molar refractivity (Wildman–Crippen MR) is 94.2 cm³/mol. The Bertz CT molecular complexity index is 1020. The van der Waals surface area contributed by atoms with E-state index >= 15 is 0 Å². The van der Waals surface area contributed by atoms with Crippen LogP contribution in [-0.4, -0.2) is 15.9 Å². The molecule has 0 aliphatic rings. The van der Waals surface area contributed by atoms with Gasteiger partial charge >= 0.3 is 0 Å². The van der Waals surface area contributed by atoms with Crippen molar-refractivity contribution in [3.8, 4) is 11.3 Å². The molecule has 0 radical (unpaired) electrons. The number of hydrogen-bond acceptors (Lipinski definition) is 5. The van der Waals surface area contributed by atoms with Crippen LogP contribution in [0.4, 0.5) is 5.00 Å². The van der Waals surface area contributed by atoms with Crippen molar-refractivity contribution in [2.24, 2.45) is 0 Å². The molecule has 4 aromatic rings. The second-order valence-electron chi connectivity index (χ2n) is 5.30. The van der Waals surface area contributed by atoms with E-state index in [2.05, 4.69) is 15.3 Å². The number of benzene rings is 1. The third-order valence-electron chi connectivity index (χ3n) is 3.58. The quantitative estimate of drug-likeness (QED) is 0.598. The van der Waals surface area contributed by atoms with Crippen LogP contribution in [0.5, 0.6) is 0 Å². The highest BCUT2D eigenvalue weighted by atomic mass is 32.1. The van der Waals surface area contributed by atoms with Gasteiger partial charge in [0.25, 0.3) is 5.91 Å². The van der Waals surface area contributed by atoms with Crippen LogP contribution in [0.1, 0.15) is 16.2 Å². The third kappa shape index (κ3) is 2.68. The van der Waals surface area contributed by atoms with Crippen molar-refractivity contribution in [3.63, 3.8) is 0 Å². The Morgan fingerprint density at radius 2 is 2.00 bits per heavy atom. The summed E-state index contributed by atoms with van der Waals surface area (Å²) in [6.07, 6.45) is 0. The number of nitrogens with one attached hydrogen (secondary N) is 1. The maximum absolute atomic E-state index is 12.5. The predicted octanol–water partition coefficient (Wildman–Crippen LogP) is 4.51. The molecular weight excluding hydrogens is 322 g/mol. The number of anilines is 1. The molecule has 0 bridgehead atoms. The minimum Gasteiger partial charge on any atom is -0.449 e. The fraction of sp³-hybridized carbons (Fsp3) is 0.0556. The van der Waals surface area contributed by atoms with Crippen LogP contribution in [0, 0.1) is 6.92 Å². The van der Waals surface area contributed by atoms with Gasteiger partial charge in [0.05, 0.1) is 5.51 Å². The van der Waals surface area contributed by atoms with Crippen LogP contribution in [-0.2, 0) is 0 Å². The van der Waals surface area contributed by atoms with E-state index in [-0.39, 0.29) is 11.7 Å². The van der Waals surface area contributed by atoms with Crippen molar-refractivity contribution >= 4 is 33.3 Å². The molecule has 5 nitrogen and oxygen atoms in total. The zero-order chi connectivity index (χ0) is 16.5. The highest BCUT2D eigenvalue weighted by Gasteiger charge is 2.17. The number of rotatable bonds is 3. The maximum Gasteiger partial charge on any atom is 0.292 e. The first-order valence-corrected chi connectivity index (χ1v) is 8.26. The van der Waals surface area contributed by atoms with Crippen LogP contribution >= 0.6 is 11.3 Å². The topological polar surface area (TPSA) is 68.0 Å². The Kier molecular flexibility index (Phi) is 3.59. The first-order valence-electron chi connectivity index (χ1n) is 7.38. The van der Waals surface area contributed by atoms with E-state index in [1.165, 1.54) is 11.3 Å². The van der Waals surface area contributed by atoms with Gasteiger partial charge in [-0.05, 0) is 19.1 Å². The molecule has 3 heterocycles. The molecule has 0 fully saturated rings. The number of carbonyl (C=O) groups is 1. The minimum absolute atomic E-state index is 0.232. The third-order valence-corrected chi connectivity index (χ3v) is 4.32. The summed E-state index contributed by atoms with van der Waals surface area (Å²) >= 11 is 1.38. The number of pyridine rings is 1. The molecular formula is C18H13N3O2S. The summed E-state index contributed by atoms with van der Waals surface area (Å²) in [7, 11) is 0. The molecule has 24 heavy (non-hydrogen) atoms. The van der Waals surface area contributed by atoms with Gasteiger partial charge in [0.15, 0.2) is 11.3 Å². The molecule has 0 atom stereocenters. The molecule has 1 amide bonds. The molecule has 0 saturated carbocycles. The fourth-order valence-electron chi connectivity index (χ4n) is 2.44. The molecule has 0 aliphatic carbocycles. The summed E-state index contributed by atoms with van der Waals surface area (Å²) in [5, 5.41) is 3.57. The van der Waals surface area contributed by atoms with Gasteiger partial charge in [-0.3, -0.25) is 4.79 Å². The molecule has 3 aromatic heterocycles. The smallest absolute Gasteiger partial charge is 0.292 e. The van der Waals surface area contributed by atoms with Crippen molar-refractivity contribution in [3.05, 3.63) is 65.5 Å². The average Bonchev–Trinajstić information content (AvgIpc) is 3.22. The Morgan fingerprint density at radius 1 is 1.17 bits per heavy atom. The largest absolute Gasteiger partial charge is 0.449 e. The monoisotopic (exact) mass is 335 g/mol. The number of amides is 1. The zero-order valence-electron chi connectivity index (χ0n) is 12.8. The maximum atomic E-state index is 12.5. The number of nitrogens with zero attached hydrogens (tertiary/aromatic N) is 2. The highest BCUT2D eigenvalue weighted by Crippen LogP contribution is 2.31. The minimum atomic E-state index is -0.313. The van der Waals surface area contributed by atoms with Gasteiger partial charge in [0.1, 0.15) is 16.2 Å². The Balaban J connectivity index is 1.63. The van der Waals surface area contributed by atoms with Gasteiger partial charge in [0.2, 0.25) is 0 Å². The SMILES string of the molecule is Cc1ccc2oc(C(=O)Nc3scnc3-c3ccccc3)cc2n1. The lowest BCUT2D eigenvalue weighted by atomic mass is 10.2. The molecule has 6 heteroatoms. The standard InChI is InChI=1S/C18H13N3O2S/c1-11-7-8-14-13(20-11)9-15(23-14)17(22)21-18-16(19-10-24-18)12-5-3-2-4-6-12/h2-10H,1H3,(H,21,22). The van der Waals surface area contributed by atoms with E-state index in [0.29, 0.717) is 16.1 Å². The summed E-state index contributed by atoms with van der Waals surface area (Å²) in [6.45, 7) is 1.90. The van der Waals surface area contributed by atoms with Crippen molar-refractivity contribution in [1.29, 1.82) is 0 Å². The molecule has 1 aromatic carbocycles. The van der Waals surface area contributed by atoms with E-state index in [4.69, 9.17) is 4.42 Å². The van der Waals surface area contributed by atoms with Gasteiger partial charge in [-0.1, -0.05) is 30.3 Å². The van der Waals surface area contributed by atoms with Crippen LogP contribution < -0.4 is 5.32 Å². The molecule has 1 N–H and O–H groups in total. The number of aryl methyl sites for hydroxylation is 1. The second-order valence-corrected chi connectivity index (χ2v) is 6.15. The summed E-state index contributed by atoms with van der Waals surface area (Å²) in [6, 6.07) is 15.1. The molecule has 0 saturated heterocycles. The Morgan fingerprint density at radius 3 is 2.83 bits per heavy atom. The molecule has 4 rings (SSSR count). The summed E-state index contributed by atoms with van der Waals surface area (Å²) in [4.78, 5) is 21.2. The number of fused-ring (bicyclic) bond motifs is 1. The van der Waals surface area contributed by atoms with Crippen molar-refractivity contribution in [2.45, 2.75) is 6.92 Å². The van der Waals surface area contributed by atoms with Crippen LogP contribution in [0.25, 0.3) is 22.4 Å². The lowest BCUT2D eigenvalue weighted by molar-refractivity contribution is 0.0999. The van der Waals surface area contributed by atoms with Gasteiger partial charge < -0.3 is 9.73 Å². The van der Waals surface area contributed by atoms with Crippen LogP contribution in [0.3, 0.4) is 0 Å². The Hall–Kier alpha value is -2.99. The van der Waals surface area contributed by atoms with Crippen molar-refractivity contribution in [2.75, 3.05) is 5.32 Å². The van der Waals surface area contributed by atoms with Crippen molar-refractivity contribution in [1.82, 2.24) is 9.97 Å². The second kappa shape index (κ2) is 5.90. The average molecular weight is 335 g/mol. The molecule has 0 spiro atoms. The molecule has 0 aliphatic heterocycles. The first kappa shape index (κ1) is 14.6. The molecule has 0 unspecified atom stereocenters. The van der Waals surface area contributed by atoms with Crippen molar-refractivity contribution < 1.29 is 9.21 Å². The number of aromatic nitrogens is 2. The first-order chi connectivity index (χ1) is 11.7. The lowest BCUT2D eigenvalue weighted by Gasteiger charge is -2.03. The summed E-state index contributed by atoms with van der Waals surface area (Å²) in [5.41, 5.74) is 5.56. The Labute approximate surface area is 142 Å². The van der Waals surface area contributed by atoms with E-state index in [9.17, 15) is 4.79 Å². The van der Waals surface area contributed by atoms with E-state index in [1.54, 1.807) is 11.6 Å². The lowest BCUT2D eigenvalue weighted by Crippen LogP contribution is -2.10. The number of thiazole rings is 1. The highest BCUT2D eigenvalue weighted by molar-refractivity contribution is 7.14. The zero-order valence-corrected chi connectivity index (χ0v) is 13.6. The van der Waals surface area contributed by atoms with Crippen LogP contribution in [0.2, 0.25) is 0 Å². The number of furan rings is 1. The van der Waals surface area contributed by atoms with Gasteiger partial charge in [-0.15, -0.1) is 11.3 Å². The normalized spacial score (nSPS) is 10.9. The van der Waals surface area contributed by atoms with E-state index < -0.39 is 0 Å². The number of carbonyl (C=O) groups excluding carboxylic acids is 1. The van der Waals surface area contributed by atoms with Gasteiger partial charge in [-0.25, -0.2) is 9.97 Å². The summed E-state index contributed by atoms with van der Waals surface area (Å²) < 4.78 is 5.59. The number of hydrogen-bond donors (Lipinski definition) is 1. The summed E-state index contributed by atoms with van der Waals surface area (Å²) in [5.74, 6) is -0.0809. The fourth-order valence-corrected chi connectivity index (χ4v) is 3.14. The van der Waals surface area contributed by atoms with E-state index in [1.807, 2.05) is 49.4 Å². The van der Waals surface area contributed by atoms with E-state index in [0.717, 1.165) is 17.0 Å². The molecule has 118 valence electrons. The van der Waals surface area contributed by atoms with Gasteiger partial charge in [-0.2, -0.15) is 0 Å². The van der Waals surface area contributed by atoms with Crippen LogP contribution in [0.15, 0.2) is 58.5 Å².